The maximum atomic E-state index is 12.3. The molecule has 1 aliphatic heterocycles. The van der Waals surface area contributed by atoms with Crippen molar-refractivity contribution in [2.45, 2.75) is 19.8 Å². The molecule has 1 fully saturated rings. The van der Waals surface area contributed by atoms with Crippen molar-refractivity contribution in [3.63, 3.8) is 0 Å². The second kappa shape index (κ2) is 10.1. The summed E-state index contributed by atoms with van der Waals surface area (Å²) in [5.74, 6) is -0.384. The summed E-state index contributed by atoms with van der Waals surface area (Å²) in [6, 6.07) is 3.74. The summed E-state index contributed by atoms with van der Waals surface area (Å²) in [6.45, 7) is 6.37. The highest BCUT2D eigenvalue weighted by Crippen LogP contribution is 2.13. The average Bonchev–Trinajstić information content (AvgIpc) is 3.15. The SMILES string of the molecule is CCOC(=O)CCC(=O)NCCN1CCN(C(=O)c2cccs2)CC1. The number of carbonyl (C=O) groups is 3. The molecule has 138 valence electrons. The molecule has 0 radical (unpaired) electrons. The number of nitrogens with zero attached hydrogens (tertiary/aromatic N) is 2. The van der Waals surface area contributed by atoms with Crippen LogP contribution in [0.15, 0.2) is 17.5 Å². The molecular weight excluding hydrogens is 342 g/mol. The Bertz CT molecular complexity index is 568. The molecule has 0 saturated carbocycles. The first-order chi connectivity index (χ1) is 12.1. The Morgan fingerprint density at radius 3 is 2.60 bits per heavy atom. The van der Waals surface area contributed by atoms with Gasteiger partial charge in [-0.1, -0.05) is 6.07 Å². The van der Waals surface area contributed by atoms with Gasteiger partial charge in [0.05, 0.1) is 17.9 Å². The molecule has 1 aromatic rings. The van der Waals surface area contributed by atoms with Gasteiger partial charge in [-0.15, -0.1) is 11.3 Å². The van der Waals surface area contributed by atoms with Crippen LogP contribution in [0.1, 0.15) is 29.4 Å². The Balaban J connectivity index is 1.58. The second-order valence-corrected chi connectivity index (χ2v) is 6.71. The van der Waals surface area contributed by atoms with Crippen LogP contribution in [0.5, 0.6) is 0 Å². The average molecular weight is 367 g/mol. The van der Waals surface area contributed by atoms with E-state index in [-0.39, 0.29) is 30.6 Å². The quantitative estimate of drug-likeness (QED) is 0.693. The molecule has 0 bridgehead atoms. The number of rotatable bonds is 8. The van der Waals surface area contributed by atoms with E-state index in [0.29, 0.717) is 26.2 Å². The van der Waals surface area contributed by atoms with Crippen molar-refractivity contribution in [3.05, 3.63) is 22.4 Å². The number of thiophene rings is 1. The summed E-state index contributed by atoms with van der Waals surface area (Å²) in [7, 11) is 0. The molecule has 1 saturated heterocycles. The fraction of sp³-hybridized carbons (Fsp3) is 0.588. The molecule has 8 heteroatoms. The highest BCUT2D eigenvalue weighted by molar-refractivity contribution is 7.12. The fourth-order valence-electron chi connectivity index (χ4n) is 2.62. The summed E-state index contributed by atoms with van der Waals surface area (Å²) in [5.41, 5.74) is 0. The molecular formula is C17H25N3O4S. The largest absolute Gasteiger partial charge is 0.466 e. The van der Waals surface area contributed by atoms with Crippen LogP contribution in [0.4, 0.5) is 0 Å². The number of piperazine rings is 1. The number of hydrogen-bond acceptors (Lipinski definition) is 6. The third kappa shape index (κ3) is 6.47. The van der Waals surface area contributed by atoms with Crippen LogP contribution in [-0.2, 0) is 14.3 Å². The van der Waals surface area contributed by atoms with Gasteiger partial charge in [-0.2, -0.15) is 0 Å². The highest BCUT2D eigenvalue weighted by Gasteiger charge is 2.22. The zero-order chi connectivity index (χ0) is 18.1. The van der Waals surface area contributed by atoms with E-state index in [1.165, 1.54) is 11.3 Å². The smallest absolute Gasteiger partial charge is 0.306 e. The topological polar surface area (TPSA) is 79.0 Å². The number of esters is 1. The third-order valence-corrected chi connectivity index (χ3v) is 4.86. The minimum Gasteiger partial charge on any atom is -0.466 e. The fourth-order valence-corrected chi connectivity index (χ4v) is 3.31. The second-order valence-electron chi connectivity index (χ2n) is 5.77. The molecule has 0 aliphatic carbocycles. The van der Waals surface area contributed by atoms with Crippen LogP contribution in [0.3, 0.4) is 0 Å². The Kier molecular flexibility index (Phi) is 7.87. The van der Waals surface area contributed by atoms with E-state index >= 15 is 0 Å². The molecule has 2 rings (SSSR count). The van der Waals surface area contributed by atoms with Crippen molar-refractivity contribution < 1.29 is 19.1 Å². The van der Waals surface area contributed by atoms with Crippen LogP contribution in [-0.4, -0.2) is 73.5 Å². The van der Waals surface area contributed by atoms with Crippen molar-refractivity contribution in [1.82, 2.24) is 15.1 Å². The lowest BCUT2D eigenvalue weighted by Gasteiger charge is -2.34. The van der Waals surface area contributed by atoms with Gasteiger partial charge in [-0.3, -0.25) is 19.3 Å². The van der Waals surface area contributed by atoms with E-state index in [4.69, 9.17) is 4.74 Å². The minimum absolute atomic E-state index is 0.0990. The van der Waals surface area contributed by atoms with Crippen molar-refractivity contribution >= 4 is 29.1 Å². The monoisotopic (exact) mass is 367 g/mol. The van der Waals surface area contributed by atoms with Gasteiger partial charge in [-0.05, 0) is 18.4 Å². The molecule has 0 spiro atoms. The summed E-state index contributed by atoms with van der Waals surface area (Å²) in [4.78, 5) is 40.0. The zero-order valence-corrected chi connectivity index (χ0v) is 15.3. The number of carbonyl (C=O) groups excluding carboxylic acids is 3. The molecule has 2 amide bonds. The first-order valence-corrected chi connectivity index (χ1v) is 9.45. The van der Waals surface area contributed by atoms with Crippen LogP contribution in [0.25, 0.3) is 0 Å². The van der Waals surface area contributed by atoms with E-state index in [1.54, 1.807) is 6.92 Å². The summed E-state index contributed by atoms with van der Waals surface area (Å²) >= 11 is 1.47. The Labute approximate surface area is 151 Å². The summed E-state index contributed by atoms with van der Waals surface area (Å²) < 4.78 is 4.79. The van der Waals surface area contributed by atoms with Gasteiger partial charge in [0.2, 0.25) is 5.91 Å². The molecule has 0 atom stereocenters. The van der Waals surface area contributed by atoms with Crippen molar-refractivity contribution in [2.75, 3.05) is 45.9 Å². The first-order valence-electron chi connectivity index (χ1n) is 8.57. The number of nitrogens with one attached hydrogen (secondary N) is 1. The Morgan fingerprint density at radius 1 is 1.20 bits per heavy atom. The van der Waals surface area contributed by atoms with Gasteiger partial charge in [-0.25, -0.2) is 0 Å². The number of amides is 2. The minimum atomic E-state index is -0.343. The predicted molar refractivity (Wildman–Crippen MR) is 95.5 cm³/mol. The molecule has 2 heterocycles. The zero-order valence-electron chi connectivity index (χ0n) is 14.5. The molecule has 1 aromatic heterocycles. The lowest BCUT2D eigenvalue weighted by molar-refractivity contribution is -0.144. The summed E-state index contributed by atoms with van der Waals surface area (Å²) in [6.07, 6.45) is 0.269. The van der Waals surface area contributed by atoms with Crippen LogP contribution in [0.2, 0.25) is 0 Å². The maximum absolute atomic E-state index is 12.3. The standard InChI is InChI=1S/C17H25N3O4S/c1-2-24-16(22)6-5-15(21)18-7-8-19-9-11-20(12-10-19)17(23)14-4-3-13-25-14/h3-4,13H,2,5-12H2,1H3,(H,18,21). The number of ether oxygens (including phenoxy) is 1. The Hall–Kier alpha value is -1.93. The van der Waals surface area contributed by atoms with Crippen LogP contribution in [0, 0.1) is 0 Å². The van der Waals surface area contributed by atoms with Gasteiger partial charge in [0, 0.05) is 45.7 Å². The van der Waals surface area contributed by atoms with Gasteiger partial charge < -0.3 is 15.0 Å². The predicted octanol–water partition coefficient (Wildman–Crippen LogP) is 0.965. The molecule has 0 aromatic carbocycles. The lowest BCUT2D eigenvalue weighted by atomic mass is 10.2. The molecule has 1 N–H and O–H groups in total. The number of hydrogen-bond donors (Lipinski definition) is 1. The lowest BCUT2D eigenvalue weighted by Crippen LogP contribution is -2.50. The van der Waals surface area contributed by atoms with Crippen LogP contribution >= 0.6 is 11.3 Å². The van der Waals surface area contributed by atoms with E-state index in [9.17, 15) is 14.4 Å². The summed E-state index contributed by atoms with van der Waals surface area (Å²) in [5, 5.41) is 4.73. The molecule has 7 nitrogen and oxygen atoms in total. The van der Waals surface area contributed by atoms with Crippen molar-refractivity contribution in [2.24, 2.45) is 0 Å². The van der Waals surface area contributed by atoms with Gasteiger partial charge in [0.15, 0.2) is 0 Å². The normalized spacial score (nSPS) is 15.0. The van der Waals surface area contributed by atoms with E-state index < -0.39 is 0 Å². The highest BCUT2D eigenvalue weighted by atomic mass is 32.1. The van der Waals surface area contributed by atoms with Crippen molar-refractivity contribution in [1.29, 1.82) is 0 Å². The third-order valence-electron chi connectivity index (χ3n) is 4.00. The van der Waals surface area contributed by atoms with E-state index in [2.05, 4.69) is 10.2 Å². The Morgan fingerprint density at radius 2 is 1.96 bits per heavy atom. The van der Waals surface area contributed by atoms with E-state index in [1.807, 2.05) is 22.4 Å². The van der Waals surface area contributed by atoms with E-state index in [0.717, 1.165) is 24.5 Å². The first kappa shape index (κ1) is 19.4. The van der Waals surface area contributed by atoms with Gasteiger partial charge in [0.25, 0.3) is 5.91 Å². The molecule has 25 heavy (non-hydrogen) atoms. The maximum Gasteiger partial charge on any atom is 0.306 e. The van der Waals surface area contributed by atoms with Gasteiger partial charge >= 0.3 is 5.97 Å². The van der Waals surface area contributed by atoms with Crippen LogP contribution < -0.4 is 5.32 Å². The molecule has 1 aliphatic rings. The van der Waals surface area contributed by atoms with Gasteiger partial charge in [0.1, 0.15) is 0 Å². The molecule has 0 unspecified atom stereocenters. The van der Waals surface area contributed by atoms with Crippen molar-refractivity contribution in [3.8, 4) is 0 Å².